The molecule has 2 heterocycles. The SMILES string of the molecule is CCC1CCN(C(CC)c2ccc(-c3ccn(C)c(=O)c3)cc2)C(=O)O1. The summed E-state index contributed by atoms with van der Waals surface area (Å²) in [6.07, 6.45) is 4.17. The second-order valence-corrected chi connectivity index (χ2v) is 6.81. The Morgan fingerprint density at radius 2 is 1.85 bits per heavy atom. The Kier molecular flexibility index (Phi) is 5.45. The zero-order chi connectivity index (χ0) is 18.7. The highest BCUT2D eigenvalue weighted by molar-refractivity contribution is 5.69. The van der Waals surface area contributed by atoms with Crippen LogP contribution in [0.4, 0.5) is 4.79 Å². The quantitative estimate of drug-likeness (QED) is 0.811. The van der Waals surface area contributed by atoms with Crippen molar-refractivity contribution in [2.75, 3.05) is 6.54 Å². The lowest BCUT2D eigenvalue weighted by molar-refractivity contribution is 0.00885. The van der Waals surface area contributed by atoms with Gasteiger partial charge in [0.15, 0.2) is 0 Å². The molecule has 5 heteroatoms. The average Bonchev–Trinajstić information content (AvgIpc) is 2.66. The van der Waals surface area contributed by atoms with Gasteiger partial charge in [0.05, 0.1) is 6.04 Å². The third-order valence-corrected chi connectivity index (χ3v) is 5.15. The monoisotopic (exact) mass is 354 g/mol. The third kappa shape index (κ3) is 3.66. The maximum Gasteiger partial charge on any atom is 0.410 e. The van der Waals surface area contributed by atoms with E-state index in [2.05, 4.69) is 6.92 Å². The highest BCUT2D eigenvalue weighted by Crippen LogP contribution is 2.30. The molecule has 1 aromatic carbocycles. The minimum Gasteiger partial charge on any atom is -0.446 e. The predicted molar refractivity (Wildman–Crippen MR) is 102 cm³/mol. The van der Waals surface area contributed by atoms with Crippen molar-refractivity contribution in [3.63, 3.8) is 0 Å². The second kappa shape index (κ2) is 7.77. The van der Waals surface area contributed by atoms with E-state index in [1.165, 1.54) is 0 Å². The first-order chi connectivity index (χ1) is 12.5. The molecule has 1 amide bonds. The van der Waals surface area contributed by atoms with Gasteiger partial charge in [0.2, 0.25) is 0 Å². The van der Waals surface area contributed by atoms with E-state index in [0.717, 1.165) is 42.5 Å². The molecule has 0 radical (unpaired) electrons. The summed E-state index contributed by atoms with van der Waals surface area (Å²) < 4.78 is 7.07. The maximum atomic E-state index is 12.4. The molecule has 3 rings (SSSR count). The lowest BCUT2D eigenvalue weighted by atomic mass is 9.98. The lowest BCUT2D eigenvalue weighted by Gasteiger charge is -2.36. The number of carbonyl (C=O) groups is 1. The summed E-state index contributed by atoms with van der Waals surface area (Å²) in [5, 5.41) is 0. The zero-order valence-corrected chi connectivity index (χ0v) is 15.6. The van der Waals surface area contributed by atoms with Crippen molar-refractivity contribution < 1.29 is 9.53 Å². The summed E-state index contributed by atoms with van der Waals surface area (Å²) >= 11 is 0. The highest BCUT2D eigenvalue weighted by atomic mass is 16.6. The molecule has 0 bridgehead atoms. The number of cyclic esters (lactones) is 1. The van der Waals surface area contributed by atoms with Crippen LogP contribution in [0, 0.1) is 0 Å². The maximum absolute atomic E-state index is 12.4. The largest absolute Gasteiger partial charge is 0.446 e. The van der Waals surface area contributed by atoms with Crippen LogP contribution in [0.2, 0.25) is 0 Å². The number of nitrogens with zero attached hydrogens (tertiary/aromatic N) is 2. The number of hydrogen-bond acceptors (Lipinski definition) is 3. The van der Waals surface area contributed by atoms with Gasteiger partial charge in [0, 0.05) is 32.3 Å². The van der Waals surface area contributed by atoms with Crippen LogP contribution in [0.25, 0.3) is 11.1 Å². The molecule has 1 aliphatic rings. The van der Waals surface area contributed by atoms with Crippen molar-refractivity contribution >= 4 is 6.09 Å². The smallest absolute Gasteiger partial charge is 0.410 e. The number of pyridine rings is 1. The third-order valence-electron chi connectivity index (χ3n) is 5.15. The van der Waals surface area contributed by atoms with Crippen LogP contribution in [0.15, 0.2) is 47.4 Å². The van der Waals surface area contributed by atoms with Crippen LogP contribution < -0.4 is 5.56 Å². The first-order valence-electron chi connectivity index (χ1n) is 9.27. The summed E-state index contributed by atoms with van der Waals surface area (Å²) in [5.74, 6) is 0. The fourth-order valence-electron chi connectivity index (χ4n) is 3.48. The Morgan fingerprint density at radius 1 is 1.12 bits per heavy atom. The van der Waals surface area contributed by atoms with Crippen LogP contribution in [0.3, 0.4) is 0 Å². The molecule has 2 unspecified atom stereocenters. The van der Waals surface area contributed by atoms with Crippen molar-refractivity contribution in [2.24, 2.45) is 7.05 Å². The first-order valence-corrected chi connectivity index (χ1v) is 9.27. The van der Waals surface area contributed by atoms with Gasteiger partial charge in [0.1, 0.15) is 6.10 Å². The van der Waals surface area contributed by atoms with Crippen molar-refractivity contribution in [1.29, 1.82) is 0 Å². The Morgan fingerprint density at radius 3 is 2.42 bits per heavy atom. The summed E-state index contributed by atoms with van der Waals surface area (Å²) in [5.41, 5.74) is 2.95. The van der Waals surface area contributed by atoms with Gasteiger partial charge in [-0.3, -0.25) is 4.79 Å². The molecular formula is C21H26N2O3. The molecule has 0 spiro atoms. The average molecular weight is 354 g/mol. The van der Waals surface area contributed by atoms with E-state index in [-0.39, 0.29) is 23.8 Å². The first kappa shape index (κ1) is 18.2. The summed E-state index contributed by atoms with van der Waals surface area (Å²) in [6.45, 7) is 4.85. The summed E-state index contributed by atoms with van der Waals surface area (Å²) in [7, 11) is 1.74. The number of aryl methyl sites for hydroxylation is 1. The van der Waals surface area contributed by atoms with E-state index >= 15 is 0 Å². The molecule has 1 aliphatic heterocycles. The van der Waals surface area contributed by atoms with Crippen LogP contribution in [-0.4, -0.2) is 28.2 Å². The Hall–Kier alpha value is -2.56. The topological polar surface area (TPSA) is 51.5 Å². The van der Waals surface area contributed by atoms with Gasteiger partial charge >= 0.3 is 6.09 Å². The van der Waals surface area contributed by atoms with Gasteiger partial charge < -0.3 is 14.2 Å². The minimum absolute atomic E-state index is 0.0120. The fraction of sp³-hybridized carbons (Fsp3) is 0.429. The molecule has 138 valence electrons. The molecule has 1 fully saturated rings. The van der Waals surface area contributed by atoms with Crippen molar-refractivity contribution in [3.05, 3.63) is 58.5 Å². The Labute approximate surface area is 154 Å². The Balaban J connectivity index is 1.81. The van der Waals surface area contributed by atoms with Gasteiger partial charge in [-0.05, 0) is 35.6 Å². The molecule has 0 aliphatic carbocycles. The number of hydrogen-bond donors (Lipinski definition) is 0. The molecule has 0 saturated carbocycles. The zero-order valence-electron chi connectivity index (χ0n) is 15.6. The molecular weight excluding hydrogens is 328 g/mol. The van der Waals surface area contributed by atoms with Crippen LogP contribution >= 0.6 is 0 Å². The van der Waals surface area contributed by atoms with Gasteiger partial charge in [0.25, 0.3) is 5.56 Å². The summed E-state index contributed by atoms with van der Waals surface area (Å²) in [6, 6.07) is 11.7. The number of rotatable bonds is 5. The fourth-order valence-corrected chi connectivity index (χ4v) is 3.48. The highest BCUT2D eigenvalue weighted by Gasteiger charge is 2.31. The summed E-state index contributed by atoms with van der Waals surface area (Å²) in [4.78, 5) is 26.0. The van der Waals surface area contributed by atoms with Crippen LogP contribution in [0.5, 0.6) is 0 Å². The number of benzene rings is 1. The van der Waals surface area contributed by atoms with E-state index in [1.54, 1.807) is 23.9 Å². The van der Waals surface area contributed by atoms with E-state index in [9.17, 15) is 9.59 Å². The van der Waals surface area contributed by atoms with Crippen molar-refractivity contribution in [1.82, 2.24) is 9.47 Å². The Bertz CT molecular complexity index is 826. The molecule has 1 aromatic heterocycles. The van der Waals surface area contributed by atoms with E-state index in [0.29, 0.717) is 0 Å². The van der Waals surface area contributed by atoms with Gasteiger partial charge in [-0.1, -0.05) is 38.1 Å². The molecule has 1 saturated heterocycles. The number of carbonyl (C=O) groups excluding carboxylic acids is 1. The molecule has 26 heavy (non-hydrogen) atoms. The standard InChI is InChI=1S/C21H26N2O3/c1-4-18-11-13-23(21(25)26-18)19(5-2)16-8-6-15(7-9-16)17-10-12-22(3)20(24)14-17/h6-10,12,14,18-19H,4-5,11,13H2,1-3H3. The van der Waals surface area contributed by atoms with E-state index in [1.807, 2.05) is 42.2 Å². The number of aromatic nitrogens is 1. The van der Waals surface area contributed by atoms with Crippen LogP contribution in [-0.2, 0) is 11.8 Å². The van der Waals surface area contributed by atoms with Crippen molar-refractivity contribution in [3.8, 4) is 11.1 Å². The predicted octanol–water partition coefficient (Wildman–Crippen LogP) is 4.12. The minimum atomic E-state index is -0.217. The van der Waals surface area contributed by atoms with E-state index < -0.39 is 0 Å². The van der Waals surface area contributed by atoms with Gasteiger partial charge in [-0.2, -0.15) is 0 Å². The molecule has 0 N–H and O–H groups in total. The molecule has 2 aromatic rings. The van der Waals surface area contributed by atoms with Crippen molar-refractivity contribution in [2.45, 2.75) is 45.3 Å². The lowest BCUT2D eigenvalue weighted by Crippen LogP contribution is -2.43. The second-order valence-electron chi connectivity index (χ2n) is 6.81. The van der Waals surface area contributed by atoms with Crippen LogP contribution in [0.1, 0.15) is 44.7 Å². The van der Waals surface area contributed by atoms with Gasteiger partial charge in [-0.15, -0.1) is 0 Å². The number of ether oxygens (including phenoxy) is 1. The number of amides is 1. The van der Waals surface area contributed by atoms with Gasteiger partial charge in [-0.25, -0.2) is 4.79 Å². The normalized spacial score (nSPS) is 18.5. The van der Waals surface area contributed by atoms with E-state index in [4.69, 9.17) is 4.74 Å². The molecule has 2 atom stereocenters. The molecule has 5 nitrogen and oxygen atoms in total.